The first-order chi connectivity index (χ1) is 10.1. The van der Waals surface area contributed by atoms with Crippen molar-refractivity contribution in [2.45, 2.75) is 19.4 Å². The van der Waals surface area contributed by atoms with E-state index in [2.05, 4.69) is 10.3 Å². The van der Waals surface area contributed by atoms with Crippen LogP contribution in [0.5, 0.6) is 0 Å². The number of nitrogens with zero attached hydrogens (tertiary/aromatic N) is 1. The third-order valence-electron chi connectivity index (χ3n) is 3.09. The molecular weight excluding hydrogens is 268 g/mol. The molecule has 0 spiro atoms. The summed E-state index contributed by atoms with van der Waals surface area (Å²) in [5, 5.41) is 11.8. The maximum Gasteiger partial charge on any atom is 0.326 e. The molecule has 0 saturated carbocycles. The van der Waals surface area contributed by atoms with Crippen molar-refractivity contribution < 1.29 is 14.7 Å². The van der Waals surface area contributed by atoms with Crippen molar-refractivity contribution >= 4 is 11.9 Å². The van der Waals surface area contributed by atoms with Gasteiger partial charge in [-0.2, -0.15) is 0 Å². The molecule has 5 nitrogen and oxygen atoms in total. The van der Waals surface area contributed by atoms with E-state index >= 15 is 0 Å². The first-order valence-corrected chi connectivity index (χ1v) is 6.55. The summed E-state index contributed by atoms with van der Waals surface area (Å²) >= 11 is 0. The second-order valence-corrected chi connectivity index (χ2v) is 4.80. The van der Waals surface area contributed by atoms with Gasteiger partial charge in [-0.15, -0.1) is 0 Å². The van der Waals surface area contributed by atoms with Crippen molar-refractivity contribution in [2.75, 3.05) is 0 Å². The summed E-state index contributed by atoms with van der Waals surface area (Å²) in [5.41, 5.74) is 2.30. The Balaban J connectivity index is 2.07. The molecule has 0 aliphatic rings. The lowest BCUT2D eigenvalue weighted by Crippen LogP contribution is -2.42. The Hall–Kier alpha value is -2.69. The van der Waals surface area contributed by atoms with Crippen LogP contribution >= 0.6 is 0 Å². The lowest BCUT2D eigenvalue weighted by atomic mass is 10.0. The number of hydrogen-bond donors (Lipinski definition) is 2. The molecule has 0 aliphatic heterocycles. The highest BCUT2D eigenvalue weighted by Crippen LogP contribution is 2.07. The largest absolute Gasteiger partial charge is 0.480 e. The van der Waals surface area contributed by atoms with E-state index in [1.54, 1.807) is 18.3 Å². The average molecular weight is 284 g/mol. The van der Waals surface area contributed by atoms with E-state index in [4.69, 9.17) is 0 Å². The molecule has 1 heterocycles. The Morgan fingerprint density at radius 3 is 2.52 bits per heavy atom. The van der Waals surface area contributed by atoms with Gasteiger partial charge < -0.3 is 10.4 Å². The van der Waals surface area contributed by atoms with Crippen molar-refractivity contribution in [3.8, 4) is 0 Å². The van der Waals surface area contributed by atoms with Crippen molar-refractivity contribution in [1.29, 1.82) is 0 Å². The molecule has 5 heteroatoms. The quantitative estimate of drug-likeness (QED) is 0.877. The van der Waals surface area contributed by atoms with Gasteiger partial charge in [-0.1, -0.05) is 29.8 Å². The van der Waals surface area contributed by atoms with Gasteiger partial charge in [0.25, 0.3) is 5.91 Å². The number of carboxylic acids is 1. The van der Waals surface area contributed by atoms with E-state index in [0.717, 1.165) is 11.1 Å². The predicted octanol–water partition coefficient (Wildman–Crippen LogP) is 1.82. The standard InChI is InChI=1S/C16H16N2O3/c1-11-4-6-12(7-5-11)9-14(16(20)21)18-15(19)13-3-2-8-17-10-13/h2-8,10,14H,9H2,1H3,(H,18,19)(H,20,21)/t14-/m0/s1. The van der Waals surface area contributed by atoms with Crippen LogP contribution in [0.25, 0.3) is 0 Å². The van der Waals surface area contributed by atoms with Crippen LogP contribution in [0.4, 0.5) is 0 Å². The van der Waals surface area contributed by atoms with Crippen molar-refractivity contribution in [3.05, 3.63) is 65.5 Å². The maximum atomic E-state index is 12.0. The lowest BCUT2D eigenvalue weighted by Gasteiger charge is -2.14. The van der Waals surface area contributed by atoms with Gasteiger partial charge in [0.2, 0.25) is 0 Å². The molecule has 1 aromatic heterocycles. The van der Waals surface area contributed by atoms with Crippen LogP contribution in [0, 0.1) is 6.92 Å². The van der Waals surface area contributed by atoms with Crippen LogP contribution in [0.1, 0.15) is 21.5 Å². The highest BCUT2D eigenvalue weighted by Gasteiger charge is 2.21. The summed E-state index contributed by atoms with van der Waals surface area (Å²) in [4.78, 5) is 27.1. The van der Waals surface area contributed by atoms with Crippen molar-refractivity contribution in [1.82, 2.24) is 10.3 Å². The summed E-state index contributed by atoms with van der Waals surface area (Å²) in [6.45, 7) is 1.96. The van der Waals surface area contributed by atoms with Gasteiger partial charge in [0.15, 0.2) is 0 Å². The van der Waals surface area contributed by atoms with Gasteiger partial charge in [-0.3, -0.25) is 9.78 Å². The smallest absolute Gasteiger partial charge is 0.326 e. The summed E-state index contributed by atoms with van der Waals surface area (Å²) < 4.78 is 0. The van der Waals surface area contributed by atoms with E-state index in [0.29, 0.717) is 5.56 Å². The first-order valence-electron chi connectivity index (χ1n) is 6.55. The van der Waals surface area contributed by atoms with Gasteiger partial charge in [0.1, 0.15) is 6.04 Å². The highest BCUT2D eigenvalue weighted by molar-refractivity contribution is 5.96. The predicted molar refractivity (Wildman–Crippen MR) is 78.0 cm³/mol. The molecule has 0 unspecified atom stereocenters. The molecule has 21 heavy (non-hydrogen) atoms. The topological polar surface area (TPSA) is 79.3 Å². The Kier molecular flexibility index (Phi) is 4.66. The number of pyridine rings is 1. The molecule has 0 bridgehead atoms. The van der Waals surface area contributed by atoms with Crippen LogP contribution in [0.15, 0.2) is 48.8 Å². The summed E-state index contributed by atoms with van der Waals surface area (Å²) in [5.74, 6) is -1.50. The molecule has 108 valence electrons. The van der Waals surface area contributed by atoms with E-state index in [1.165, 1.54) is 6.20 Å². The molecule has 2 N–H and O–H groups in total. The summed E-state index contributed by atoms with van der Waals surface area (Å²) in [6.07, 6.45) is 3.19. The third kappa shape index (κ3) is 4.14. The normalized spacial score (nSPS) is 11.7. The number of hydrogen-bond acceptors (Lipinski definition) is 3. The number of amides is 1. The second kappa shape index (κ2) is 6.65. The number of nitrogens with one attached hydrogen (secondary N) is 1. The third-order valence-corrected chi connectivity index (χ3v) is 3.09. The maximum absolute atomic E-state index is 12.0. The summed E-state index contributed by atoms with van der Waals surface area (Å²) in [7, 11) is 0. The number of carbonyl (C=O) groups excluding carboxylic acids is 1. The SMILES string of the molecule is Cc1ccc(C[C@H](NC(=O)c2cccnc2)C(=O)O)cc1. The first kappa shape index (κ1) is 14.7. The Labute approximate surface area is 122 Å². The van der Waals surface area contributed by atoms with Crippen LogP contribution < -0.4 is 5.32 Å². The van der Waals surface area contributed by atoms with Crippen LogP contribution in [-0.2, 0) is 11.2 Å². The Morgan fingerprint density at radius 2 is 1.95 bits per heavy atom. The Morgan fingerprint density at radius 1 is 1.24 bits per heavy atom. The zero-order valence-corrected chi connectivity index (χ0v) is 11.6. The number of carbonyl (C=O) groups is 2. The number of aromatic nitrogens is 1. The minimum atomic E-state index is -1.06. The molecule has 0 fully saturated rings. The molecule has 1 atom stereocenters. The molecule has 1 aromatic carbocycles. The molecule has 0 aliphatic carbocycles. The van der Waals surface area contributed by atoms with Gasteiger partial charge in [0, 0.05) is 18.8 Å². The fourth-order valence-corrected chi connectivity index (χ4v) is 1.90. The number of carboxylic acid groups (broad SMARTS) is 1. The second-order valence-electron chi connectivity index (χ2n) is 4.80. The highest BCUT2D eigenvalue weighted by atomic mass is 16.4. The molecule has 0 saturated heterocycles. The van der Waals surface area contributed by atoms with Crippen molar-refractivity contribution in [2.24, 2.45) is 0 Å². The van der Waals surface area contributed by atoms with Gasteiger partial charge in [-0.05, 0) is 24.6 Å². The van der Waals surface area contributed by atoms with Crippen LogP contribution in [-0.4, -0.2) is 28.0 Å². The molecule has 1 amide bonds. The minimum Gasteiger partial charge on any atom is -0.480 e. The molecule has 0 radical (unpaired) electrons. The van der Waals surface area contributed by atoms with Crippen LogP contribution in [0.3, 0.4) is 0 Å². The number of benzene rings is 1. The fourth-order valence-electron chi connectivity index (χ4n) is 1.90. The average Bonchev–Trinajstić information content (AvgIpc) is 2.49. The summed E-state index contributed by atoms with van der Waals surface area (Å²) in [6, 6.07) is 9.80. The zero-order valence-electron chi connectivity index (χ0n) is 11.6. The van der Waals surface area contributed by atoms with E-state index in [9.17, 15) is 14.7 Å². The molecular formula is C16H16N2O3. The monoisotopic (exact) mass is 284 g/mol. The number of aliphatic carboxylic acids is 1. The lowest BCUT2D eigenvalue weighted by molar-refractivity contribution is -0.139. The van der Waals surface area contributed by atoms with E-state index in [-0.39, 0.29) is 6.42 Å². The van der Waals surface area contributed by atoms with E-state index in [1.807, 2.05) is 31.2 Å². The zero-order chi connectivity index (χ0) is 15.2. The molecule has 2 aromatic rings. The van der Waals surface area contributed by atoms with E-state index < -0.39 is 17.9 Å². The van der Waals surface area contributed by atoms with Gasteiger partial charge >= 0.3 is 5.97 Å². The van der Waals surface area contributed by atoms with Gasteiger partial charge in [-0.25, -0.2) is 4.79 Å². The number of aryl methyl sites for hydroxylation is 1. The van der Waals surface area contributed by atoms with Crippen LogP contribution in [0.2, 0.25) is 0 Å². The fraction of sp³-hybridized carbons (Fsp3) is 0.188. The number of rotatable bonds is 5. The molecule has 2 rings (SSSR count). The Bertz CT molecular complexity index is 624. The van der Waals surface area contributed by atoms with Crippen molar-refractivity contribution in [3.63, 3.8) is 0 Å². The minimum absolute atomic E-state index is 0.238. The van der Waals surface area contributed by atoms with Gasteiger partial charge in [0.05, 0.1) is 5.56 Å².